The highest BCUT2D eigenvalue weighted by molar-refractivity contribution is 5.66. The highest BCUT2D eigenvalue weighted by Crippen LogP contribution is 2.17. The third-order valence-electron chi connectivity index (χ3n) is 2.69. The van der Waals surface area contributed by atoms with Gasteiger partial charge in [-0.05, 0) is 33.5 Å². The molecule has 1 rings (SSSR count). The van der Waals surface area contributed by atoms with Gasteiger partial charge < -0.3 is 10.0 Å². The molecule has 1 heterocycles. The van der Waals surface area contributed by atoms with Crippen LogP contribution in [0.3, 0.4) is 0 Å². The molecule has 1 atom stereocenters. The second-order valence-corrected chi connectivity index (χ2v) is 4.24. The van der Waals surface area contributed by atoms with E-state index in [-0.39, 0.29) is 6.42 Å². The fourth-order valence-electron chi connectivity index (χ4n) is 2.06. The molecule has 4 heteroatoms. The minimum atomic E-state index is -0.694. The Morgan fingerprint density at radius 2 is 2.29 bits per heavy atom. The van der Waals surface area contributed by atoms with E-state index < -0.39 is 5.97 Å². The molecule has 14 heavy (non-hydrogen) atoms. The summed E-state index contributed by atoms with van der Waals surface area (Å²) >= 11 is 0. The van der Waals surface area contributed by atoms with Crippen molar-refractivity contribution in [2.45, 2.75) is 25.3 Å². The van der Waals surface area contributed by atoms with Gasteiger partial charge in [-0.1, -0.05) is 0 Å². The van der Waals surface area contributed by atoms with E-state index in [0.29, 0.717) is 12.6 Å². The topological polar surface area (TPSA) is 43.8 Å². The van der Waals surface area contributed by atoms with E-state index in [1.54, 1.807) is 0 Å². The predicted octanol–water partition coefficient (Wildman–Crippen LogP) is 0.487. The van der Waals surface area contributed by atoms with Crippen LogP contribution in [-0.2, 0) is 4.79 Å². The van der Waals surface area contributed by atoms with Crippen LogP contribution in [-0.4, -0.2) is 60.6 Å². The van der Waals surface area contributed by atoms with Gasteiger partial charge in [-0.25, -0.2) is 0 Å². The second-order valence-electron chi connectivity index (χ2n) is 4.24. The second kappa shape index (κ2) is 5.32. The molecule has 1 N–H and O–H groups in total. The first-order valence-corrected chi connectivity index (χ1v) is 5.20. The van der Waals surface area contributed by atoms with Gasteiger partial charge >= 0.3 is 5.97 Å². The van der Waals surface area contributed by atoms with Crippen molar-refractivity contribution in [2.75, 3.05) is 33.7 Å². The van der Waals surface area contributed by atoms with E-state index in [0.717, 1.165) is 13.1 Å². The van der Waals surface area contributed by atoms with Crippen molar-refractivity contribution in [3.8, 4) is 0 Å². The maximum atomic E-state index is 10.4. The molecule has 0 aromatic heterocycles. The van der Waals surface area contributed by atoms with Crippen molar-refractivity contribution in [3.63, 3.8) is 0 Å². The van der Waals surface area contributed by atoms with Crippen LogP contribution in [0.5, 0.6) is 0 Å². The molecular formula is C10H20N2O2. The van der Waals surface area contributed by atoms with E-state index in [2.05, 4.69) is 23.9 Å². The molecule has 82 valence electrons. The largest absolute Gasteiger partial charge is 0.481 e. The minimum Gasteiger partial charge on any atom is -0.481 e. The summed E-state index contributed by atoms with van der Waals surface area (Å²) in [5.41, 5.74) is 0. The number of likely N-dealkylation sites (N-methyl/N-ethyl adjacent to an activating group) is 1. The molecule has 0 aromatic rings. The van der Waals surface area contributed by atoms with Crippen LogP contribution >= 0.6 is 0 Å². The van der Waals surface area contributed by atoms with Crippen LogP contribution in [0.15, 0.2) is 0 Å². The molecule has 0 aromatic carbocycles. The first-order valence-electron chi connectivity index (χ1n) is 5.20. The lowest BCUT2D eigenvalue weighted by Crippen LogP contribution is -2.38. The number of carboxylic acids is 1. The highest BCUT2D eigenvalue weighted by atomic mass is 16.4. The number of nitrogens with zero attached hydrogens (tertiary/aromatic N) is 2. The van der Waals surface area contributed by atoms with Gasteiger partial charge in [0.05, 0.1) is 6.42 Å². The number of rotatable bonds is 5. The average Bonchev–Trinajstić information content (AvgIpc) is 2.47. The molecule has 1 fully saturated rings. The van der Waals surface area contributed by atoms with Crippen molar-refractivity contribution < 1.29 is 9.90 Å². The summed E-state index contributed by atoms with van der Waals surface area (Å²) in [6, 6.07) is 0.560. The lowest BCUT2D eigenvalue weighted by Gasteiger charge is -2.26. The Morgan fingerprint density at radius 1 is 1.57 bits per heavy atom. The molecule has 1 aliphatic heterocycles. The van der Waals surface area contributed by atoms with Gasteiger partial charge in [-0.2, -0.15) is 0 Å². The van der Waals surface area contributed by atoms with Gasteiger partial charge in [0.15, 0.2) is 0 Å². The van der Waals surface area contributed by atoms with Crippen molar-refractivity contribution in [1.82, 2.24) is 9.80 Å². The van der Waals surface area contributed by atoms with Crippen LogP contribution < -0.4 is 0 Å². The molecule has 1 saturated heterocycles. The summed E-state index contributed by atoms with van der Waals surface area (Å²) < 4.78 is 0. The van der Waals surface area contributed by atoms with Crippen LogP contribution in [0.4, 0.5) is 0 Å². The normalized spacial score (nSPS) is 23.2. The SMILES string of the molecule is CN(C)CC1CCCN1CCC(=O)O. The maximum Gasteiger partial charge on any atom is 0.304 e. The molecule has 1 unspecified atom stereocenters. The summed E-state index contributed by atoms with van der Waals surface area (Å²) in [5, 5.41) is 8.60. The van der Waals surface area contributed by atoms with Crippen LogP contribution in [0.2, 0.25) is 0 Å². The van der Waals surface area contributed by atoms with Crippen molar-refractivity contribution in [3.05, 3.63) is 0 Å². The number of carboxylic acid groups (broad SMARTS) is 1. The zero-order chi connectivity index (χ0) is 10.6. The van der Waals surface area contributed by atoms with Gasteiger partial charge in [0.1, 0.15) is 0 Å². The van der Waals surface area contributed by atoms with Gasteiger partial charge in [0, 0.05) is 19.1 Å². The van der Waals surface area contributed by atoms with E-state index in [1.165, 1.54) is 12.8 Å². The Kier molecular flexibility index (Phi) is 4.35. The number of likely N-dealkylation sites (tertiary alicyclic amines) is 1. The molecule has 0 radical (unpaired) electrons. The molecule has 0 aliphatic carbocycles. The summed E-state index contributed by atoms with van der Waals surface area (Å²) in [4.78, 5) is 14.9. The maximum absolute atomic E-state index is 10.4. The molecule has 0 bridgehead atoms. The zero-order valence-electron chi connectivity index (χ0n) is 9.07. The number of carbonyl (C=O) groups is 1. The Labute approximate surface area is 85.5 Å². The summed E-state index contributed by atoms with van der Waals surface area (Å²) in [5.74, 6) is -0.694. The first-order chi connectivity index (χ1) is 6.59. The Balaban J connectivity index is 2.31. The standard InChI is InChI=1S/C10H20N2O2/c1-11(2)8-9-4-3-6-12(9)7-5-10(13)14/h9H,3-8H2,1-2H3,(H,13,14). The number of hydrogen-bond donors (Lipinski definition) is 1. The highest BCUT2D eigenvalue weighted by Gasteiger charge is 2.24. The van der Waals surface area contributed by atoms with Crippen molar-refractivity contribution in [1.29, 1.82) is 0 Å². The fourth-order valence-corrected chi connectivity index (χ4v) is 2.06. The third kappa shape index (κ3) is 3.64. The summed E-state index contributed by atoms with van der Waals surface area (Å²) in [6.07, 6.45) is 2.68. The Bertz CT molecular complexity index is 195. The Morgan fingerprint density at radius 3 is 2.86 bits per heavy atom. The predicted molar refractivity (Wildman–Crippen MR) is 55.4 cm³/mol. The van der Waals surface area contributed by atoms with E-state index >= 15 is 0 Å². The molecule has 0 spiro atoms. The van der Waals surface area contributed by atoms with E-state index in [9.17, 15) is 4.79 Å². The van der Waals surface area contributed by atoms with Crippen LogP contribution in [0.1, 0.15) is 19.3 Å². The van der Waals surface area contributed by atoms with Gasteiger partial charge in [-0.3, -0.25) is 9.69 Å². The van der Waals surface area contributed by atoms with E-state index in [1.807, 2.05) is 0 Å². The van der Waals surface area contributed by atoms with E-state index in [4.69, 9.17) is 5.11 Å². The molecule has 4 nitrogen and oxygen atoms in total. The Hall–Kier alpha value is -0.610. The summed E-state index contributed by atoms with van der Waals surface area (Å²) in [7, 11) is 4.13. The first kappa shape index (κ1) is 11.5. The van der Waals surface area contributed by atoms with Gasteiger partial charge in [0.25, 0.3) is 0 Å². The minimum absolute atomic E-state index is 0.268. The van der Waals surface area contributed by atoms with Crippen molar-refractivity contribution in [2.24, 2.45) is 0 Å². The van der Waals surface area contributed by atoms with Gasteiger partial charge in [0.2, 0.25) is 0 Å². The quantitative estimate of drug-likeness (QED) is 0.701. The monoisotopic (exact) mass is 200 g/mol. The van der Waals surface area contributed by atoms with Crippen LogP contribution in [0, 0.1) is 0 Å². The molecule has 0 saturated carbocycles. The molecular weight excluding hydrogens is 180 g/mol. The lowest BCUT2D eigenvalue weighted by molar-refractivity contribution is -0.137. The smallest absolute Gasteiger partial charge is 0.304 e. The number of aliphatic carboxylic acids is 1. The van der Waals surface area contributed by atoms with Crippen LogP contribution in [0.25, 0.3) is 0 Å². The fraction of sp³-hybridized carbons (Fsp3) is 0.900. The lowest BCUT2D eigenvalue weighted by atomic mass is 10.2. The zero-order valence-corrected chi connectivity index (χ0v) is 9.07. The average molecular weight is 200 g/mol. The number of hydrogen-bond acceptors (Lipinski definition) is 3. The molecule has 1 aliphatic rings. The van der Waals surface area contributed by atoms with Crippen molar-refractivity contribution >= 4 is 5.97 Å². The molecule has 0 amide bonds. The summed E-state index contributed by atoms with van der Waals surface area (Å²) in [6.45, 7) is 2.80. The van der Waals surface area contributed by atoms with Gasteiger partial charge in [-0.15, -0.1) is 0 Å². The third-order valence-corrected chi connectivity index (χ3v) is 2.69.